The molecule has 0 aliphatic heterocycles. The van der Waals surface area contributed by atoms with Crippen LogP contribution in [-0.4, -0.2) is 35.2 Å². The van der Waals surface area contributed by atoms with Crippen LogP contribution < -0.4 is 4.74 Å². The first-order chi connectivity index (χ1) is 18.3. The molecule has 0 bridgehead atoms. The number of methoxy groups -OCH3 is 1. The maximum atomic E-state index is 13.4. The van der Waals surface area contributed by atoms with E-state index >= 15 is 0 Å². The van der Waals surface area contributed by atoms with Crippen LogP contribution in [0.1, 0.15) is 28.7 Å². The topological polar surface area (TPSA) is 80.7 Å². The number of fused-ring (bicyclic) bond motifs is 1. The van der Waals surface area contributed by atoms with Crippen LogP contribution in [0.4, 0.5) is 13.2 Å². The summed E-state index contributed by atoms with van der Waals surface area (Å²) in [5.74, 6) is -0.107. The monoisotopic (exact) mass is 521 g/mol. The second-order valence-electron chi connectivity index (χ2n) is 9.46. The van der Waals surface area contributed by atoms with Gasteiger partial charge in [0.15, 0.2) is 0 Å². The maximum absolute atomic E-state index is 13.4. The zero-order valence-electron chi connectivity index (χ0n) is 20.7. The number of aliphatic imine (C=N–C) groups is 1. The third kappa shape index (κ3) is 5.33. The first-order valence-corrected chi connectivity index (χ1v) is 12.2. The number of aliphatic hydroxyl groups is 1. The van der Waals surface area contributed by atoms with Crippen LogP contribution in [0, 0.1) is 5.41 Å². The number of alkyl halides is 3. The van der Waals surface area contributed by atoms with Gasteiger partial charge in [0.05, 0.1) is 25.8 Å². The van der Waals surface area contributed by atoms with E-state index < -0.39 is 17.2 Å². The Kier molecular flexibility index (Phi) is 7.03. The highest BCUT2D eigenvalue weighted by molar-refractivity contribution is 5.69. The fourth-order valence-corrected chi connectivity index (χ4v) is 4.75. The average molecular weight is 522 g/mol. The Morgan fingerprint density at radius 2 is 1.71 bits per heavy atom. The summed E-state index contributed by atoms with van der Waals surface area (Å²) in [5.41, 5.74) is 2.71. The summed E-state index contributed by atoms with van der Waals surface area (Å²) in [6.45, 7) is 0.514. The second kappa shape index (κ2) is 10.4. The molecule has 6 nitrogen and oxygen atoms in total. The van der Waals surface area contributed by atoms with Crippen molar-refractivity contribution >= 4 is 6.21 Å². The lowest BCUT2D eigenvalue weighted by atomic mass is 9.72. The lowest BCUT2D eigenvalue weighted by Crippen LogP contribution is -2.34. The zero-order valence-corrected chi connectivity index (χ0v) is 20.7. The normalized spacial score (nSPS) is 17.5. The molecule has 196 valence electrons. The third-order valence-electron chi connectivity index (χ3n) is 6.86. The van der Waals surface area contributed by atoms with E-state index in [0.717, 1.165) is 30.0 Å². The van der Waals surface area contributed by atoms with Crippen molar-refractivity contribution in [1.82, 2.24) is 10.2 Å². The van der Waals surface area contributed by atoms with Gasteiger partial charge in [0.1, 0.15) is 5.75 Å². The van der Waals surface area contributed by atoms with E-state index in [9.17, 15) is 18.3 Å². The molecular weight excluding hydrogens is 495 g/mol. The van der Waals surface area contributed by atoms with Crippen LogP contribution in [0.5, 0.6) is 5.75 Å². The van der Waals surface area contributed by atoms with Gasteiger partial charge in [-0.1, -0.05) is 36.4 Å². The number of hydrogen-bond acceptors (Lipinski definition) is 6. The molecule has 0 saturated carbocycles. The molecule has 4 aromatic rings. The molecular formula is C29H26F3N3O3. The van der Waals surface area contributed by atoms with Gasteiger partial charge in [0, 0.05) is 22.8 Å². The number of aromatic nitrogens is 2. The van der Waals surface area contributed by atoms with Crippen LogP contribution in [0.15, 0.2) is 76.1 Å². The Balaban J connectivity index is 1.38. The molecule has 0 fully saturated rings. The first-order valence-electron chi connectivity index (χ1n) is 12.2. The van der Waals surface area contributed by atoms with Crippen molar-refractivity contribution in [3.63, 3.8) is 0 Å². The summed E-state index contributed by atoms with van der Waals surface area (Å²) >= 11 is 0. The van der Waals surface area contributed by atoms with Gasteiger partial charge in [-0.3, -0.25) is 4.99 Å². The molecule has 1 aliphatic rings. The molecule has 1 N–H and O–H groups in total. The smallest absolute Gasteiger partial charge is 0.419 e. The summed E-state index contributed by atoms with van der Waals surface area (Å²) in [6, 6.07) is 19.3. The molecule has 1 heterocycles. The van der Waals surface area contributed by atoms with Gasteiger partial charge in [-0.15, -0.1) is 10.2 Å². The summed E-state index contributed by atoms with van der Waals surface area (Å²) in [4.78, 5) is 4.62. The highest BCUT2D eigenvalue weighted by atomic mass is 19.4. The quantitative estimate of drug-likeness (QED) is 0.294. The number of nitrogens with zero attached hydrogens (tertiary/aromatic N) is 3. The minimum atomic E-state index is -4.59. The van der Waals surface area contributed by atoms with Crippen molar-refractivity contribution in [2.24, 2.45) is 10.4 Å². The molecule has 3 aromatic carbocycles. The summed E-state index contributed by atoms with van der Waals surface area (Å²) in [6.07, 6.45) is -0.555. The standard InChI is InChI=1S/C29H26F3N3O3/c1-37-25-10-9-22(14-24(25)29(30,31)32)27-35-34-26(38-27)21-8-7-20-11-12-28(18-36,15-23(20)13-21)17-33-16-19-5-3-2-4-6-19/h2-10,13-14,17,36H,11-12,15-16,18H2,1H3/b33-17-/t28-/m1/s1. The van der Waals surface area contributed by atoms with E-state index in [0.29, 0.717) is 18.5 Å². The van der Waals surface area contributed by atoms with E-state index in [2.05, 4.69) is 15.2 Å². The molecule has 1 atom stereocenters. The SMILES string of the molecule is COc1ccc(-c2nnc(-c3ccc4c(c3)C[C@](/C=N\Cc3ccccc3)(CO)CC4)o2)cc1C(F)(F)F. The van der Waals surface area contributed by atoms with Crippen molar-refractivity contribution in [3.05, 3.63) is 89.0 Å². The van der Waals surface area contributed by atoms with Crippen molar-refractivity contribution in [3.8, 4) is 28.7 Å². The largest absolute Gasteiger partial charge is 0.496 e. The van der Waals surface area contributed by atoms with Gasteiger partial charge < -0.3 is 14.3 Å². The number of aryl methyl sites for hydroxylation is 1. The van der Waals surface area contributed by atoms with Gasteiger partial charge in [-0.05, 0) is 66.3 Å². The fraction of sp³-hybridized carbons (Fsp3) is 0.276. The van der Waals surface area contributed by atoms with E-state index in [-0.39, 0.29) is 29.7 Å². The van der Waals surface area contributed by atoms with Crippen molar-refractivity contribution in [1.29, 1.82) is 0 Å². The first kappa shape index (κ1) is 25.7. The summed E-state index contributed by atoms with van der Waals surface area (Å²) in [5, 5.41) is 18.3. The Morgan fingerprint density at radius 1 is 1.00 bits per heavy atom. The minimum Gasteiger partial charge on any atom is -0.496 e. The highest BCUT2D eigenvalue weighted by Gasteiger charge is 2.35. The van der Waals surface area contributed by atoms with Crippen molar-refractivity contribution in [2.75, 3.05) is 13.7 Å². The van der Waals surface area contributed by atoms with Crippen LogP contribution in [0.25, 0.3) is 22.9 Å². The number of aliphatic hydroxyl groups excluding tert-OH is 1. The predicted molar refractivity (Wildman–Crippen MR) is 137 cm³/mol. The van der Waals surface area contributed by atoms with Crippen molar-refractivity contribution in [2.45, 2.75) is 32.0 Å². The number of rotatable bonds is 7. The molecule has 1 aromatic heterocycles. The Hall–Kier alpha value is -3.98. The fourth-order valence-electron chi connectivity index (χ4n) is 4.75. The van der Waals surface area contributed by atoms with E-state index in [1.54, 1.807) is 0 Å². The molecule has 0 radical (unpaired) electrons. The van der Waals surface area contributed by atoms with E-state index in [4.69, 9.17) is 9.15 Å². The lowest BCUT2D eigenvalue weighted by molar-refractivity contribution is -0.138. The Bertz CT molecular complexity index is 1450. The number of benzene rings is 3. The molecule has 0 amide bonds. The molecule has 9 heteroatoms. The van der Waals surface area contributed by atoms with Crippen LogP contribution in [-0.2, 0) is 25.6 Å². The lowest BCUT2D eigenvalue weighted by Gasteiger charge is -2.33. The van der Waals surface area contributed by atoms with E-state index in [1.807, 2.05) is 54.7 Å². The van der Waals surface area contributed by atoms with Gasteiger partial charge in [0.25, 0.3) is 0 Å². The van der Waals surface area contributed by atoms with Gasteiger partial charge in [-0.25, -0.2) is 0 Å². The highest BCUT2D eigenvalue weighted by Crippen LogP contribution is 2.39. The molecule has 38 heavy (non-hydrogen) atoms. The summed E-state index contributed by atoms with van der Waals surface area (Å²) in [7, 11) is 1.19. The third-order valence-corrected chi connectivity index (χ3v) is 6.86. The molecule has 0 unspecified atom stereocenters. The zero-order chi connectivity index (χ0) is 26.8. The maximum Gasteiger partial charge on any atom is 0.419 e. The van der Waals surface area contributed by atoms with Crippen molar-refractivity contribution < 1.29 is 27.4 Å². The van der Waals surface area contributed by atoms with Crippen LogP contribution >= 0.6 is 0 Å². The van der Waals surface area contributed by atoms with Crippen LogP contribution in [0.3, 0.4) is 0 Å². The summed E-state index contributed by atoms with van der Waals surface area (Å²) < 4.78 is 51.0. The molecule has 5 rings (SSSR count). The Labute approximate surface area is 217 Å². The van der Waals surface area contributed by atoms with Crippen LogP contribution in [0.2, 0.25) is 0 Å². The number of halogens is 3. The van der Waals surface area contributed by atoms with Gasteiger partial charge >= 0.3 is 6.18 Å². The van der Waals surface area contributed by atoms with Gasteiger partial charge in [0.2, 0.25) is 11.8 Å². The minimum absolute atomic E-state index is 0.0244. The number of ether oxygens (including phenoxy) is 1. The van der Waals surface area contributed by atoms with Gasteiger partial charge in [-0.2, -0.15) is 13.2 Å². The second-order valence-corrected chi connectivity index (χ2v) is 9.46. The molecule has 1 aliphatic carbocycles. The predicted octanol–water partition coefficient (Wildman–Crippen LogP) is 6.17. The molecule has 0 spiro atoms. The number of hydrogen-bond donors (Lipinski definition) is 1. The van der Waals surface area contributed by atoms with E-state index in [1.165, 1.54) is 24.8 Å². The average Bonchev–Trinajstić information content (AvgIpc) is 3.43. The molecule has 0 saturated heterocycles. The Morgan fingerprint density at radius 3 is 2.39 bits per heavy atom.